The van der Waals surface area contributed by atoms with Gasteiger partial charge in [-0.15, -0.1) is 0 Å². The number of nitriles is 1. The van der Waals surface area contributed by atoms with Gasteiger partial charge in [0.15, 0.2) is 0 Å². The molecule has 0 spiro atoms. The van der Waals surface area contributed by atoms with Crippen molar-refractivity contribution >= 4 is 6.03 Å². The van der Waals surface area contributed by atoms with Gasteiger partial charge in [-0.3, -0.25) is 0 Å². The van der Waals surface area contributed by atoms with E-state index in [1.54, 1.807) is 9.80 Å². The lowest BCUT2D eigenvalue weighted by Crippen LogP contribution is -2.48. The smallest absolute Gasteiger partial charge is 0.320 e. The molecule has 1 saturated heterocycles. The Morgan fingerprint density at radius 2 is 2.20 bits per heavy atom. The van der Waals surface area contributed by atoms with E-state index in [0.717, 1.165) is 0 Å². The number of morpholine rings is 1. The van der Waals surface area contributed by atoms with Crippen LogP contribution in [-0.4, -0.2) is 55.2 Å². The molecule has 0 saturated carbocycles. The summed E-state index contributed by atoms with van der Waals surface area (Å²) in [5, 5.41) is 8.48. The standard InChI is InChI=1S/C10H17N3O2/c1-2-12(5-3-4-11)10(14)13-6-8-15-9-7-13/h2-3,5-9H2,1H3. The number of carbonyl (C=O) groups excluding carboxylic acids is 1. The van der Waals surface area contributed by atoms with E-state index in [0.29, 0.717) is 45.8 Å². The zero-order chi connectivity index (χ0) is 11.1. The Balaban J connectivity index is 2.44. The quantitative estimate of drug-likeness (QED) is 0.689. The summed E-state index contributed by atoms with van der Waals surface area (Å²) < 4.78 is 5.18. The largest absolute Gasteiger partial charge is 0.378 e. The molecule has 0 bridgehead atoms. The number of nitrogens with zero attached hydrogens (tertiary/aromatic N) is 3. The molecule has 0 unspecified atom stereocenters. The highest BCUT2D eigenvalue weighted by Gasteiger charge is 2.21. The van der Waals surface area contributed by atoms with Crippen LogP contribution in [0.5, 0.6) is 0 Å². The van der Waals surface area contributed by atoms with E-state index in [1.165, 1.54) is 0 Å². The third-order valence-corrected chi connectivity index (χ3v) is 2.43. The minimum atomic E-state index is 0.0241. The number of urea groups is 1. The third kappa shape index (κ3) is 3.40. The Kier molecular flexibility index (Phi) is 4.91. The van der Waals surface area contributed by atoms with E-state index < -0.39 is 0 Å². The van der Waals surface area contributed by atoms with E-state index in [9.17, 15) is 4.79 Å². The number of ether oxygens (including phenoxy) is 1. The van der Waals surface area contributed by atoms with Gasteiger partial charge in [-0.2, -0.15) is 5.26 Å². The molecule has 0 radical (unpaired) electrons. The molecule has 2 amide bonds. The van der Waals surface area contributed by atoms with E-state index >= 15 is 0 Å². The lowest BCUT2D eigenvalue weighted by atomic mass is 10.4. The summed E-state index contributed by atoms with van der Waals surface area (Å²) in [5.74, 6) is 0. The molecule has 0 atom stereocenters. The maximum Gasteiger partial charge on any atom is 0.320 e. The molecule has 0 aromatic heterocycles. The molecule has 1 rings (SSSR count). The van der Waals surface area contributed by atoms with E-state index in [-0.39, 0.29) is 6.03 Å². The van der Waals surface area contributed by atoms with Crippen LogP contribution in [0.3, 0.4) is 0 Å². The Hall–Kier alpha value is -1.28. The highest BCUT2D eigenvalue weighted by molar-refractivity contribution is 5.74. The van der Waals surface area contributed by atoms with Gasteiger partial charge in [0.2, 0.25) is 0 Å². The Morgan fingerprint density at radius 1 is 1.53 bits per heavy atom. The first-order valence-electron chi connectivity index (χ1n) is 5.28. The minimum absolute atomic E-state index is 0.0241. The number of carbonyl (C=O) groups is 1. The van der Waals surface area contributed by atoms with Gasteiger partial charge in [0.25, 0.3) is 0 Å². The summed E-state index contributed by atoms with van der Waals surface area (Å²) in [7, 11) is 0. The fourth-order valence-electron chi connectivity index (χ4n) is 1.53. The molecule has 0 N–H and O–H groups in total. The van der Waals surface area contributed by atoms with Crippen LogP contribution in [0, 0.1) is 11.3 Å². The third-order valence-electron chi connectivity index (χ3n) is 2.43. The van der Waals surface area contributed by atoms with Crippen LogP contribution in [0.4, 0.5) is 4.79 Å². The molecule has 0 aliphatic carbocycles. The second kappa shape index (κ2) is 6.25. The van der Waals surface area contributed by atoms with Gasteiger partial charge in [-0.05, 0) is 6.92 Å². The molecule has 1 aliphatic heterocycles. The number of rotatable bonds is 3. The van der Waals surface area contributed by atoms with Crippen molar-refractivity contribution in [2.24, 2.45) is 0 Å². The fourth-order valence-corrected chi connectivity index (χ4v) is 1.53. The predicted molar refractivity (Wildman–Crippen MR) is 55.3 cm³/mol. The maximum atomic E-state index is 11.9. The molecule has 1 aliphatic rings. The van der Waals surface area contributed by atoms with Crippen molar-refractivity contribution in [3.63, 3.8) is 0 Å². The van der Waals surface area contributed by atoms with Crippen molar-refractivity contribution in [2.75, 3.05) is 39.4 Å². The number of hydrogen-bond donors (Lipinski definition) is 0. The monoisotopic (exact) mass is 211 g/mol. The lowest BCUT2D eigenvalue weighted by molar-refractivity contribution is 0.0439. The van der Waals surface area contributed by atoms with Crippen LogP contribution in [0.1, 0.15) is 13.3 Å². The number of hydrogen-bond acceptors (Lipinski definition) is 3. The fraction of sp³-hybridized carbons (Fsp3) is 0.800. The van der Waals surface area contributed by atoms with Crippen molar-refractivity contribution < 1.29 is 9.53 Å². The summed E-state index contributed by atoms with van der Waals surface area (Å²) in [6.45, 7) is 5.63. The molecule has 1 fully saturated rings. The minimum Gasteiger partial charge on any atom is -0.378 e. The van der Waals surface area contributed by atoms with Crippen LogP contribution < -0.4 is 0 Å². The lowest BCUT2D eigenvalue weighted by Gasteiger charge is -2.32. The predicted octanol–water partition coefficient (Wildman–Crippen LogP) is 0.674. The van der Waals surface area contributed by atoms with Crippen molar-refractivity contribution in [3.05, 3.63) is 0 Å². The first-order valence-corrected chi connectivity index (χ1v) is 5.28. The van der Waals surface area contributed by atoms with Gasteiger partial charge < -0.3 is 14.5 Å². The average Bonchev–Trinajstić information content (AvgIpc) is 2.31. The van der Waals surface area contributed by atoms with Crippen LogP contribution in [-0.2, 0) is 4.74 Å². The Bertz CT molecular complexity index is 244. The molecule has 84 valence electrons. The summed E-state index contributed by atoms with van der Waals surface area (Å²) in [5.41, 5.74) is 0. The van der Waals surface area contributed by atoms with E-state index in [4.69, 9.17) is 10.00 Å². The van der Waals surface area contributed by atoms with E-state index in [2.05, 4.69) is 6.07 Å². The van der Waals surface area contributed by atoms with Crippen molar-refractivity contribution in [2.45, 2.75) is 13.3 Å². The van der Waals surface area contributed by atoms with Crippen molar-refractivity contribution in [1.82, 2.24) is 9.80 Å². The molecular weight excluding hydrogens is 194 g/mol. The summed E-state index contributed by atoms with van der Waals surface area (Å²) in [6, 6.07) is 2.08. The highest BCUT2D eigenvalue weighted by atomic mass is 16.5. The first kappa shape index (κ1) is 11.8. The molecule has 0 aromatic rings. The summed E-state index contributed by atoms with van der Waals surface area (Å²) in [4.78, 5) is 15.4. The zero-order valence-electron chi connectivity index (χ0n) is 9.11. The second-order valence-electron chi connectivity index (χ2n) is 3.37. The topological polar surface area (TPSA) is 56.6 Å². The zero-order valence-corrected chi connectivity index (χ0v) is 9.11. The van der Waals surface area contributed by atoms with Crippen LogP contribution in [0.25, 0.3) is 0 Å². The Morgan fingerprint density at radius 3 is 2.73 bits per heavy atom. The molecular formula is C10H17N3O2. The summed E-state index contributed by atoms with van der Waals surface area (Å²) in [6.07, 6.45) is 0.393. The van der Waals surface area contributed by atoms with Crippen molar-refractivity contribution in [1.29, 1.82) is 5.26 Å². The maximum absolute atomic E-state index is 11.9. The van der Waals surface area contributed by atoms with Gasteiger partial charge in [-0.25, -0.2) is 4.79 Å². The van der Waals surface area contributed by atoms with Crippen LogP contribution >= 0.6 is 0 Å². The van der Waals surface area contributed by atoms with Crippen LogP contribution in [0.2, 0.25) is 0 Å². The van der Waals surface area contributed by atoms with Gasteiger partial charge in [0.05, 0.1) is 25.7 Å². The van der Waals surface area contributed by atoms with Gasteiger partial charge in [0.1, 0.15) is 0 Å². The second-order valence-corrected chi connectivity index (χ2v) is 3.37. The first-order chi connectivity index (χ1) is 7.29. The molecule has 1 heterocycles. The molecule has 0 aromatic carbocycles. The molecule has 15 heavy (non-hydrogen) atoms. The SMILES string of the molecule is CCN(CCC#N)C(=O)N1CCOCC1. The van der Waals surface area contributed by atoms with Gasteiger partial charge in [0, 0.05) is 26.2 Å². The summed E-state index contributed by atoms with van der Waals surface area (Å²) >= 11 is 0. The highest BCUT2D eigenvalue weighted by Crippen LogP contribution is 2.03. The molecule has 5 heteroatoms. The van der Waals surface area contributed by atoms with Crippen molar-refractivity contribution in [3.8, 4) is 6.07 Å². The van der Waals surface area contributed by atoms with Gasteiger partial charge in [-0.1, -0.05) is 0 Å². The molecule has 5 nitrogen and oxygen atoms in total. The normalized spacial score (nSPS) is 15.9. The van der Waals surface area contributed by atoms with E-state index in [1.807, 2.05) is 6.92 Å². The number of amides is 2. The van der Waals surface area contributed by atoms with Crippen LogP contribution in [0.15, 0.2) is 0 Å². The van der Waals surface area contributed by atoms with Gasteiger partial charge >= 0.3 is 6.03 Å². The average molecular weight is 211 g/mol. The Labute approximate surface area is 90.2 Å².